The second-order valence-electron chi connectivity index (χ2n) is 2.89. The molecule has 0 aliphatic heterocycles. The van der Waals surface area contributed by atoms with Crippen LogP contribution in [0.1, 0.15) is 6.92 Å². The zero-order valence-corrected chi connectivity index (χ0v) is 10.7. The maximum Gasteiger partial charge on any atom is 0.239 e. The van der Waals surface area contributed by atoms with Gasteiger partial charge in [-0.2, -0.15) is 0 Å². The van der Waals surface area contributed by atoms with Crippen molar-refractivity contribution in [2.45, 2.75) is 13.0 Å². The molecule has 0 saturated carbocycles. The second kappa shape index (κ2) is 4.79. The summed E-state index contributed by atoms with van der Waals surface area (Å²) in [5.41, 5.74) is 5.98. The molecule has 5 heteroatoms. The molecule has 0 heterocycles. The van der Waals surface area contributed by atoms with Crippen molar-refractivity contribution in [3.63, 3.8) is 0 Å². The smallest absolute Gasteiger partial charge is 0.239 e. The minimum atomic E-state index is -0.388. The van der Waals surface area contributed by atoms with E-state index in [0.717, 1.165) is 14.6 Å². The lowest BCUT2D eigenvalue weighted by Crippen LogP contribution is -2.32. The fourth-order valence-corrected chi connectivity index (χ4v) is 1.63. The van der Waals surface area contributed by atoms with Crippen LogP contribution in [0.2, 0.25) is 0 Å². The van der Waals surface area contributed by atoms with Crippen LogP contribution in [0.15, 0.2) is 27.1 Å². The summed E-state index contributed by atoms with van der Waals surface area (Å²) in [5.74, 6) is -0.378. The number of rotatable bonds is 3. The number of primary amides is 1. The number of hydrogen-bond donors (Lipinski definition) is 2. The van der Waals surface area contributed by atoms with Gasteiger partial charge >= 0.3 is 0 Å². The van der Waals surface area contributed by atoms with Crippen molar-refractivity contribution in [1.82, 2.24) is 0 Å². The lowest BCUT2D eigenvalue weighted by molar-refractivity contribution is -0.118. The van der Waals surface area contributed by atoms with E-state index in [0.29, 0.717) is 0 Å². The van der Waals surface area contributed by atoms with E-state index in [2.05, 4.69) is 37.2 Å². The summed E-state index contributed by atoms with van der Waals surface area (Å²) in [4.78, 5) is 10.8. The van der Waals surface area contributed by atoms with Crippen molar-refractivity contribution in [2.75, 3.05) is 5.32 Å². The number of benzene rings is 1. The van der Waals surface area contributed by atoms with E-state index >= 15 is 0 Å². The van der Waals surface area contributed by atoms with Gasteiger partial charge in [0.2, 0.25) is 5.91 Å². The first-order valence-electron chi connectivity index (χ1n) is 4.01. The summed E-state index contributed by atoms with van der Waals surface area (Å²) in [6, 6.07) is 5.29. The van der Waals surface area contributed by atoms with Gasteiger partial charge in [-0.25, -0.2) is 0 Å². The third-order valence-corrected chi connectivity index (χ3v) is 2.91. The van der Waals surface area contributed by atoms with Gasteiger partial charge in [-0.05, 0) is 41.1 Å². The zero-order chi connectivity index (χ0) is 10.7. The molecule has 0 aromatic heterocycles. The number of hydrogen-bond acceptors (Lipinski definition) is 2. The molecule has 0 radical (unpaired) electrons. The van der Waals surface area contributed by atoms with Crippen LogP contribution in [0.3, 0.4) is 0 Å². The Hall–Kier alpha value is -0.550. The van der Waals surface area contributed by atoms with Crippen molar-refractivity contribution >= 4 is 43.5 Å². The minimum Gasteiger partial charge on any atom is -0.373 e. The van der Waals surface area contributed by atoms with Crippen LogP contribution in [0.25, 0.3) is 0 Å². The SMILES string of the molecule is CC(Nc1cc(Br)ccc1Br)C(N)=O. The van der Waals surface area contributed by atoms with Crippen LogP contribution < -0.4 is 11.1 Å². The summed E-state index contributed by atoms with van der Waals surface area (Å²) in [7, 11) is 0. The molecule has 0 aliphatic rings. The summed E-state index contributed by atoms with van der Waals surface area (Å²) in [5, 5.41) is 3.00. The predicted molar refractivity (Wildman–Crippen MR) is 64.1 cm³/mol. The van der Waals surface area contributed by atoms with Gasteiger partial charge in [-0.1, -0.05) is 15.9 Å². The number of nitrogens with one attached hydrogen (secondary N) is 1. The van der Waals surface area contributed by atoms with E-state index in [9.17, 15) is 4.79 Å². The van der Waals surface area contributed by atoms with Crippen molar-refractivity contribution in [2.24, 2.45) is 5.73 Å². The Morgan fingerprint density at radius 1 is 1.50 bits per heavy atom. The molecule has 1 unspecified atom stereocenters. The number of amides is 1. The number of halogens is 2. The topological polar surface area (TPSA) is 55.1 Å². The highest BCUT2D eigenvalue weighted by molar-refractivity contribution is 9.11. The normalized spacial score (nSPS) is 12.2. The number of anilines is 1. The number of carbonyl (C=O) groups is 1. The Morgan fingerprint density at radius 2 is 2.14 bits per heavy atom. The van der Waals surface area contributed by atoms with Crippen LogP contribution in [0.4, 0.5) is 5.69 Å². The minimum absolute atomic E-state index is 0.378. The Labute approximate surface area is 99.3 Å². The quantitative estimate of drug-likeness (QED) is 0.898. The molecule has 14 heavy (non-hydrogen) atoms. The van der Waals surface area contributed by atoms with Crippen molar-refractivity contribution in [3.8, 4) is 0 Å². The van der Waals surface area contributed by atoms with E-state index in [-0.39, 0.29) is 11.9 Å². The average molecular weight is 322 g/mol. The first kappa shape index (κ1) is 11.5. The van der Waals surface area contributed by atoms with Crippen LogP contribution in [-0.4, -0.2) is 11.9 Å². The van der Waals surface area contributed by atoms with Crippen LogP contribution in [0, 0.1) is 0 Å². The van der Waals surface area contributed by atoms with Crippen molar-refractivity contribution in [3.05, 3.63) is 27.1 Å². The van der Waals surface area contributed by atoms with E-state index in [1.165, 1.54) is 0 Å². The molecule has 1 rings (SSSR count). The lowest BCUT2D eigenvalue weighted by Gasteiger charge is -2.13. The molecule has 3 nitrogen and oxygen atoms in total. The van der Waals surface area contributed by atoms with Gasteiger partial charge in [-0.3, -0.25) is 4.79 Å². The van der Waals surface area contributed by atoms with E-state index in [1.807, 2.05) is 18.2 Å². The molecular weight excluding hydrogens is 312 g/mol. The van der Waals surface area contributed by atoms with Crippen molar-refractivity contribution in [1.29, 1.82) is 0 Å². The molecule has 1 atom stereocenters. The second-order valence-corrected chi connectivity index (χ2v) is 4.66. The van der Waals surface area contributed by atoms with Gasteiger partial charge in [0.1, 0.15) is 6.04 Å². The highest BCUT2D eigenvalue weighted by Crippen LogP contribution is 2.26. The lowest BCUT2D eigenvalue weighted by atomic mass is 10.2. The Bertz CT molecular complexity index is 355. The average Bonchev–Trinajstić information content (AvgIpc) is 2.11. The van der Waals surface area contributed by atoms with E-state index < -0.39 is 0 Å². The predicted octanol–water partition coefficient (Wildman–Crippen LogP) is 2.50. The molecule has 1 aromatic rings. The van der Waals surface area contributed by atoms with Crippen LogP contribution in [0.5, 0.6) is 0 Å². The summed E-state index contributed by atoms with van der Waals surface area (Å²) in [6.07, 6.45) is 0. The van der Waals surface area contributed by atoms with Gasteiger partial charge in [0.15, 0.2) is 0 Å². The molecule has 0 bridgehead atoms. The number of nitrogens with two attached hydrogens (primary N) is 1. The van der Waals surface area contributed by atoms with Gasteiger partial charge < -0.3 is 11.1 Å². The van der Waals surface area contributed by atoms with Gasteiger partial charge in [0.05, 0.1) is 5.69 Å². The molecule has 0 aliphatic carbocycles. The summed E-state index contributed by atoms with van der Waals surface area (Å²) >= 11 is 6.72. The summed E-state index contributed by atoms with van der Waals surface area (Å²) in [6.45, 7) is 1.72. The highest BCUT2D eigenvalue weighted by atomic mass is 79.9. The molecule has 76 valence electrons. The van der Waals surface area contributed by atoms with Gasteiger partial charge in [0.25, 0.3) is 0 Å². The first-order chi connectivity index (χ1) is 6.50. The first-order valence-corrected chi connectivity index (χ1v) is 5.60. The zero-order valence-electron chi connectivity index (χ0n) is 7.55. The maximum absolute atomic E-state index is 10.8. The third kappa shape index (κ3) is 2.99. The standard InChI is InChI=1S/C9H10Br2N2O/c1-5(9(12)14)13-8-4-6(10)2-3-7(8)11/h2-5,13H,1H3,(H2,12,14). The molecule has 0 saturated heterocycles. The monoisotopic (exact) mass is 320 g/mol. The van der Waals surface area contributed by atoms with E-state index in [4.69, 9.17) is 5.73 Å². The maximum atomic E-state index is 10.8. The van der Waals surface area contributed by atoms with Crippen LogP contribution in [-0.2, 0) is 4.79 Å². The molecule has 3 N–H and O–H groups in total. The number of carbonyl (C=O) groups excluding carboxylic acids is 1. The molecule has 0 spiro atoms. The molecular formula is C9H10Br2N2O. The van der Waals surface area contributed by atoms with Crippen molar-refractivity contribution < 1.29 is 4.79 Å². The summed E-state index contributed by atoms with van der Waals surface area (Å²) < 4.78 is 1.84. The fourth-order valence-electron chi connectivity index (χ4n) is 0.912. The van der Waals surface area contributed by atoms with Gasteiger partial charge in [0, 0.05) is 8.95 Å². The Balaban J connectivity index is 2.85. The van der Waals surface area contributed by atoms with Crippen LogP contribution >= 0.6 is 31.9 Å². The highest BCUT2D eigenvalue weighted by Gasteiger charge is 2.09. The molecule has 1 amide bonds. The largest absolute Gasteiger partial charge is 0.373 e. The van der Waals surface area contributed by atoms with E-state index in [1.54, 1.807) is 6.92 Å². The molecule has 1 aromatic carbocycles. The fraction of sp³-hybridized carbons (Fsp3) is 0.222. The molecule has 0 fully saturated rings. The van der Waals surface area contributed by atoms with Gasteiger partial charge in [-0.15, -0.1) is 0 Å². The Kier molecular flexibility index (Phi) is 3.95. The Morgan fingerprint density at radius 3 is 2.71 bits per heavy atom. The third-order valence-electron chi connectivity index (χ3n) is 1.73.